The molecule has 0 heterocycles. The SMILES string of the molecule is CCNC(=O)[C@H](c1ccccc1)N(Cc1ccccc1)C(=O)CN(C)S(C)(=O)=O. The maximum absolute atomic E-state index is 13.2. The van der Waals surface area contributed by atoms with Crippen molar-refractivity contribution in [3.05, 3.63) is 71.8 Å². The molecule has 0 aromatic heterocycles. The number of likely N-dealkylation sites (N-methyl/N-ethyl adjacent to an activating group) is 2. The fraction of sp³-hybridized carbons (Fsp3) is 0.333. The highest BCUT2D eigenvalue weighted by Crippen LogP contribution is 2.24. The van der Waals surface area contributed by atoms with Gasteiger partial charge in [0.05, 0.1) is 12.8 Å². The van der Waals surface area contributed by atoms with Crippen LogP contribution < -0.4 is 5.32 Å². The van der Waals surface area contributed by atoms with Crippen LogP contribution in [-0.4, -0.2) is 55.8 Å². The Morgan fingerprint density at radius 1 is 1.00 bits per heavy atom. The van der Waals surface area contributed by atoms with Gasteiger partial charge in [-0.05, 0) is 18.1 Å². The van der Waals surface area contributed by atoms with Gasteiger partial charge in [-0.1, -0.05) is 60.7 Å². The highest BCUT2D eigenvalue weighted by atomic mass is 32.2. The van der Waals surface area contributed by atoms with Gasteiger partial charge in [0.25, 0.3) is 0 Å². The Morgan fingerprint density at radius 2 is 1.55 bits per heavy atom. The van der Waals surface area contributed by atoms with Gasteiger partial charge in [-0.2, -0.15) is 4.31 Å². The summed E-state index contributed by atoms with van der Waals surface area (Å²) in [4.78, 5) is 27.5. The Hall–Kier alpha value is -2.71. The predicted molar refractivity (Wildman–Crippen MR) is 112 cm³/mol. The normalized spacial score (nSPS) is 12.4. The highest BCUT2D eigenvalue weighted by Gasteiger charge is 2.32. The van der Waals surface area contributed by atoms with Crippen molar-refractivity contribution in [2.75, 3.05) is 26.4 Å². The average Bonchev–Trinajstić information content (AvgIpc) is 2.68. The minimum atomic E-state index is -3.54. The zero-order chi connectivity index (χ0) is 21.4. The van der Waals surface area contributed by atoms with Crippen molar-refractivity contribution in [3.63, 3.8) is 0 Å². The van der Waals surface area contributed by atoms with Gasteiger partial charge in [0, 0.05) is 20.1 Å². The van der Waals surface area contributed by atoms with Crippen LogP contribution >= 0.6 is 0 Å². The molecule has 0 fully saturated rings. The number of hydrogen-bond acceptors (Lipinski definition) is 4. The standard InChI is InChI=1S/C21H27N3O4S/c1-4-22-21(26)20(18-13-9-6-10-14-18)24(15-17-11-7-5-8-12-17)19(25)16-23(2)29(3,27)28/h5-14,20H,4,15-16H2,1-3H3,(H,22,26)/t20-/m0/s1. The number of rotatable bonds is 9. The van der Waals surface area contributed by atoms with Crippen molar-refractivity contribution < 1.29 is 18.0 Å². The molecule has 0 aliphatic carbocycles. The van der Waals surface area contributed by atoms with E-state index in [1.165, 1.54) is 11.9 Å². The lowest BCUT2D eigenvalue weighted by atomic mass is 10.0. The van der Waals surface area contributed by atoms with E-state index in [0.717, 1.165) is 16.1 Å². The Kier molecular flexibility index (Phi) is 7.92. The molecule has 0 aliphatic rings. The first-order valence-electron chi connectivity index (χ1n) is 9.31. The average molecular weight is 418 g/mol. The summed E-state index contributed by atoms with van der Waals surface area (Å²) in [5.74, 6) is -0.771. The lowest BCUT2D eigenvalue weighted by Gasteiger charge is -2.32. The zero-order valence-corrected chi connectivity index (χ0v) is 17.7. The van der Waals surface area contributed by atoms with Crippen LogP contribution in [0.15, 0.2) is 60.7 Å². The first kappa shape index (κ1) is 22.6. The van der Waals surface area contributed by atoms with Crippen LogP contribution in [0.4, 0.5) is 0 Å². The maximum atomic E-state index is 13.2. The Labute approximate surface area is 172 Å². The van der Waals surface area contributed by atoms with Crippen molar-refractivity contribution in [2.45, 2.75) is 19.5 Å². The molecule has 0 bridgehead atoms. The molecule has 2 aromatic carbocycles. The molecule has 8 heteroatoms. The first-order chi connectivity index (χ1) is 13.7. The van der Waals surface area contributed by atoms with E-state index < -0.39 is 22.0 Å². The van der Waals surface area contributed by atoms with Crippen LogP contribution in [0.1, 0.15) is 24.1 Å². The van der Waals surface area contributed by atoms with Gasteiger partial charge in [0.15, 0.2) is 0 Å². The summed E-state index contributed by atoms with van der Waals surface area (Å²) in [5.41, 5.74) is 1.50. The van der Waals surface area contributed by atoms with Gasteiger partial charge in [0.1, 0.15) is 6.04 Å². The molecule has 7 nitrogen and oxygen atoms in total. The topological polar surface area (TPSA) is 86.8 Å². The second kappa shape index (κ2) is 10.2. The summed E-state index contributed by atoms with van der Waals surface area (Å²) in [6, 6.07) is 17.4. The number of nitrogens with one attached hydrogen (secondary N) is 1. The number of benzene rings is 2. The third-order valence-corrected chi connectivity index (χ3v) is 5.73. The molecule has 0 radical (unpaired) electrons. The molecule has 0 aliphatic heterocycles. The quantitative estimate of drug-likeness (QED) is 0.674. The number of sulfonamides is 1. The maximum Gasteiger partial charge on any atom is 0.247 e. The molecule has 0 saturated carbocycles. The fourth-order valence-corrected chi connectivity index (χ4v) is 3.23. The third-order valence-electron chi connectivity index (χ3n) is 4.47. The van der Waals surface area contributed by atoms with Crippen molar-refractivity contribution >= 4 is 21.8 Å². The fourth-order valence-electron chi connectivity index (χ4n) is 2.88. The first-order valence-corrected chi connectivity index (χ1v) is 11.2. The number of hydrogen-bond donors (Lipinski definition) is 1. The minimum Gasteiger partial charge on any atom is -0.354 e. The molecule has 1 atom stereocenters. The summed E-state index contributed by atoms with van der Waals surface area (Å²) in [6.45, 7) is 2.04. The Bertz CT molecular complexity index is 917. The molecule has 0 saturated heterocycles. The lowest BCUT2D eigenvalue weighted by Crippen LogP contribution is -2.47. The van der Waals surface area contributed by atoms with E-state index in [9.17, 15) is 18.0 Å². The summed E-state index contributed by atoms with van der Waals surface area (Å²) in [5, 5.41) is 2.78. The molecule has 0 unspecified atom stereocenters. The van der Waals surface area contributed by atoms with E-state index in [2.05, 4.69) is 5.32 Å². The van der Waals surface area contributed by atoms with E-state index >= 15 is 0 Å². The summed E-state index contributed by atoms with van der Waals surface area (Å²) >= 11 is 0. The molecule has 0 spiro atoms. The van der Waals surface area contributed by atoms with Crippen LogP contribution in [-0.2, 0) is 26.2 Å². The Balaban J connectivity index is 2.46. The summed E-state index contributed by atoms with van der Waals surface area (Å²) in [7, 11) is -2.19. The molecule has 156 valence electrons. The van der Waals surface area contributed by atoms with Crippen molar-refractivity contribution in [3.8, 4) is 0 Å². The number of carbonyl (C=O) groups is 2. The van der Waals surface area contributed by atoms with E-state index in [-0.39, 0.29) is 19.0 Å². The largest absolute Gasteiger partial charge is 0.354 e. The van der Waals surface area contributed by atoms with Crippen LogP contribution in [0.5, 0.6) is 0 Å². The second-order valence-corrected chi connectivity index (χ2v) is 8.82. The zero-order valence-electron chi connectivity index (χ0n) is 16.9. The van der Waals surface area contributed by atoms with E-state index in [1.54, 1.807) is 31.2 Å². The molecular formula is C21H27N3O4S. The van der Waals surface area contributed by atoms with Crippen LogP contribution in [0.3, 0.4) is 0 Å². The van der Waals surface area contributed by atoms with Gasteiger partial charge < -0.3 is 10.2 Å². The molecule has 2 amide bonds. The number of carbonyl (C=O) groups excluding carboxylic acids is 2. The van der Waals surface area contributed by atoms with Gasteiger partial charge in [-0.15, -0.1) is 0 Å². The van der Waals surface area contributed by atoms with Gasteiger partial charge >= 0.3 is 0 Å². The number of nitrogens with zero attached hydrogens (tertiary/aromatic N) is 2. The third kappa shape index (κ3) is 6.40. The smallest absolute Gasteiger partial charge is 0.247 e. The van der Waals surface area contributed by atoms with Crippen LogP contribution in [0.2, 0.25) is 0 Å². The van der Waals surface area contributed by atoms with Gasteiger partial charge in [-0.25, -0.2) is 8.42 Å². The van der Waals surface area contributed by atoms with Crippen molar-refractivity contribution in [1.29, 1.82) is 0 Å². The van der Waals surface area contributed by atoms with E-state index in [4.69, 9.17) is 0 Å². The van der Waals surface area contributed by atoms with Crippen LogP contribution in [0, 0.1) is 0 Å². The highest BCUT2D eigenvalue weighted by molar-refractivity contribution is 7.88. The molecule has 2 aromatic rings. The van der Waals surface area contributed by atoms with Crippen LogP contribution in [0.25, 0.3) is 0 Å². The molecule has 29 heavy (non-hydrogen) atoms. The minimum absolute atomic E-state index is 0.175. The Morgan fingerprint density at radius 3 is 2.07 bits per heavy atom. The summed E-state index contributed by atoms with van der Waals surface area (Å²) < 4.78 is 24.6. The monoisotopic (exact) mass is 417 g/mol. The number of amides is 2. The molecule has 2 rings (SSSR count). The second-order valence-electron chi connectivity index (χ2n) is 6.73. The predicted octanol–water partition coefficient (Wildman–Crippen LogP) is 1.78. The van der Waals surface area contributed by atoms with Gasteiger partial charge in [0.2, 0.25) is 21.8 Å². The van der Waals surface area contributed by atoms with E-state index in [1.807, 2.05) is 36.4 Å². The van der Waals surface area contributed by atoms with Crippen molar-refractivity contribution in [1.82, 2.24) is 14.5 Å². The molecular weight excluding hydrogens is 390 g/mol. The summed E-state index contributed by atoms with van der Waals surface area (Å²) in [6.07, 6.45) is 1.04. The lowest BCUT2D eigenvalue weighted by molar-refractivity contribution is -0.141. The van der Waals surface area contributed by atoms with Gasteiger partial charge in [-0.3, -0.25) is 9.59 Å². The van der Waals surface area contributed by atoms with E-state index in [0.29, 0.717) is 12.1 Å². The molecule has 1 N–H and O–H groups in total. The van der Waals surface area contributed by atoms with Crippen molar-refractivity contribution in [2.24, 2.45) is 0 Å².